The highest BCUT2D eigenvalue weighted by Crippen LogP contribution is 2.30. The molecule has 1 aliphatic rings. The molecular weight excluding hydrogens is 284 g/mol. The maximum absolute atomic E-state index is 12.8. The molecular formula is C20H24N2O. The van der Waals surface area contributed by atoms with E-state index in [-0.39, 0.29) is 12.0 Å². The van der Waals surface area contributed by atoms with Crippen LogP contribution in [0.5, 0.6) is 0 Å². The predicted molar refractivity (Wildman–Crippen MR) is 94.4 cm³/mol. The van der Waals surface area contributed by atoms with Gasteiger partial charge in [0.25, 0.3) is 0 Å². The molecule has 3 nitrogen and oxygen atoms in total. The monoisotopic (exact) mass is 308 g/mol. The Morgan fingerprint density at radius 3 is 2.48 bits per heavy atom. The Labute approximate surface area is 138 Å². The summed E-state index contributed by atoms with van der Waals surface area (Å²) in [6, 6.07) is 18.8. The third-order valence-corrected chi connectivity index (χ3v) is 4.82. The molecule has 1 fully saturated rings. The maximum Gasteiger partial charge on any atom is 0.226 e. The second-order valence-corrected chi connectivity index (χ2v) is 6.25. The number of carbonyl (C=O) groups excluding carboxylic acids is 1. The highest BCUT2D eigenvalue weighted by Gasteiger charge is 2.34. The Balaban J connectivity index is 1.66. The van der Waals surface area contributed by atoms with Crippen molar-refractivity contribution in [2.24, 2.45) is 5.92 Å². The average Bonchev–Trinajstić information content (AvgIpc) is 2.96. The number of likely N-dealkylation sites (tertiary alicyclic amines) is 1. The molecule has 2 aromatic rings. The molecule has 1 aliphatic heterocycles. The van der Waals surface area contributed by atoms with Gasteiger partial charge in [0.1, 0.15) is 0 Å². The van der Waals surface area contributed by atoms with Crippen LogP contribution in [0.1, 0.15) is 30.5 Å². The molecule has 0 spiro atoms. The molecule has 120 valence electrons. The van der Waals surface area contributed by atoms with E-state index in [1.807, 2.05) is 30.1 Å². The highest BCUT2D eigenvalue weighted by molar-refractivity contribution is 5.81. The van der Waals surface area contributed by atoms with E-state index in [0.29, 0.717) is 5.91 Å². The molecule has 2 aromatic carbocycles. The molecule has 3 rings (SSSR count). The summed E-state index contributed by atoms with van der Waals surface area (Å²) in [5.74, 6) is 0.403. The first-order valence-corrected chi connectivity index (χ1v) is 8.31. The molecule has 0 bridgehead atoms. The lowest BCUT2D eigenvalue weighted by atomic mass is 9.98. The van der Waals surface area contributed by atoms with Gasteiger partial charge in [0.2, 0.25) is 5.91 Å². The number of nitrogens with zero attached hydrogens (tertiary/aromatic N) is 1. The van der Waals surface area contributed by atoms with E-state index in [4.69, 9.17) is 0 Å². The van der Waals surface area contributed by atoms with Crippen LogP contribution < -0.4 is 5.32 Å². The fourth-order valence-electron chi connectivity index (χ4n) is 3.34. The van der Waals surface area contributed by atoms with Crippen molar-refractivity contribution < 1.29 is 4.79 Å². The molecule has 0 aromatic heterocycles. The number of nitrogens with one attached hydrogen (secondary N) is 1. The minimum absolute atomic E-state index is 0.113. The standard InChI is InChI=1S/C20H24N2O/c1-15(17-6-4-3-5-7-17)22-13-12-18(20(22)23)14-16-8-10-19(21-2)11-9-16/h3-11,15,18,21H,12-14H2,1-2H3/t15-,18?/m1/s1. The number of benzene rings is 2. The minimum atomic E-state index is 0.113. The summed E-state index contributed by atoms with van der Waals surface area (Å²) in [5.41, 5.74) is 3.54. The molecule has 0 radical (unpaired) electrons. The van der Waals surface area contributed by atoms with Gasteiger partial charge >= 0.3 is 0 Å². The zero-order valence-electron chi connectivity index (χ0n) is 13.8. The van der Waals surface area contributed by atoms with Crippen molar-refractivity contribution in [2.45, 2.75) is 25.8 Å². The molecule has 1 heterocycles. The van der Waals surface area contributed by atoms with Gasteiger partial charge in [0.15, 0.2) is 0 Å². The number of anilines is 1. The van der Waals surface area contributed by atoms with Gasteiger partial charge in [-0.25, -0.2) is 0 Å². The first-order valence-electron chi connectivity index (χ1n) is 8.31. The Hall–Kier alpha value is -2.29. The van der Waals surface area contributed by atoms with Crippen molar-refractivity contribution in [3.8, 4) is 0 Å². The van der Waals surface area contributed by atoms with Gasteiger partial charge in [-0.15, -0.1) is 0 Å². The van der Waals surface area contributed by atoms with Crippen molar-refractivity contribution in [1.82, 2.24) is 4.90 Å². The van der Waals surface area contributed by atoms with Crippen LogP contribution >= 0.6 is 0 Å². The number of hydrogen-bond acceptors (Lipinski definition) is 2. The number of amides is 1. The summed E-state index contributed by atoms with van der Waals surface area (Å²) >= 11 is 0. The second kappa shape index (κ2) is 6.86. The number of carbonyl (C=O) groups is 1. The van der Waals surface area contributed by atoms with E-state index in [1.54, 1.807) is 0 Å². The molecule has 0 aliphatic carbocycles. The van der Waals surface area contributed by atoms with E-state index < -0.39 is 0 Å². The summed E-state index contributed by atoms with van der Waals surface area (Å²) in [5, 5.41) is 3.12. The largest absolute Gasteiger partial charge is 0.388 e. The van der Waals surface area contributed by atoms with Crippen molar-refractivity contribution in [2.75, 3.05) is 18.9 Å². The zero-order chi connectivity index (χ0) is 16.2. The van der Waals surface area contributed by atoms with Crippen molar-refractivity contribution in [3.05, 3.63) is 65.7 Å². The number of rotatable bonds is 5. The normalized spacial score (nSPS) is 19.0. The quantitative estimate of drug-likeness (QED) is 0.909. The van der Waals surface area contributed by atoms with Gasteiger partial charge in [-0.2, -0.15) is 0 Å². The fourth-order valence-corrected chi connectivity index (χ4v) is 3.34. The molecule has 2 atom stereocenters. The van der Waals surface area contributed by atoms with E-state index >= 15 is 0 Å². The predicted octanol–water partition coefficient (Wildman–Crippen LogP) is 3.88. The molecule has 1 unspecified atom stereocenters. The average molecular weight is 308 g/mol. The highest BCUT2D eigenvalue weighted by atomic mass is 16.2. The summed E-state index contributed by atoms with van der Waals surface area (Å²) < 4.78 is 0. The van der Waals surface area contributed by atoms with Gasteiger partial charge in [0.05, 0.1) is 6.04 Å². The molecule has 1 saturated heterocycles. The van der Waals surface area contributed by atoms with Gasteiger partial charge in [-0.1, -0.05) is 42.5 Å². The van der Waals surface area contributed by atoms with E-state index in [2.05, 4.69) is 48.6 Å². The van der Waals surface area contributed by atoms with Crippen molar-refractivity contribution in [1.29, 1.82) is 0 Å². The smallest absolute Gasteiger partial charge is 0.226 e. The van der Waals surface area contributed by atoms with Crippen LogP contribution in [0.15, 0.2) is 54.6 Å². The van der Waals surface area contributed by atoms with Crippen LogP contribution in [0.3, 0.4) is 0 Å². The SMILES string of the molecule is CNc1ccc(CC2CCN([C@H](C)c3ccccc3)C2=O)cc1. The molecule has 1 amide bonds. The lowest BCUT2D eigenvalue weighted by Gasteiger charge is -2.25. The van der Waals surface area contributed by atoms with Crippen LogP contribution in [0.4, 0.5) is 5.69 Å². The summed E-state index contributed by atoms with van der Waals surface area (Å²) in [4.78, 5) is 14.8. The van der Waals surface area contributed by atoms with E-state index in [9.17, 15) is 4.79 Å². The topological polar surface area (TPSA) is 32.3 Å². The Morgan fingerprint density at radius 2 is 1.83 bits per heavy atom. The summed E-state index contributed by atoms with van der Waals surface area (Å²) in [7, 11) is 1.92. The summed E-state index contributed by atoms with van der Waals surface area (Å²) in [6.45, 7) is 2.98. The van der Waals surface area contributed by atoms with Gasteiger partial charge in [-0.3, -0.25) is 4.79 Å². The molecule has 3 heteroatoms. The molecule has 1 N–H and O–H groups in total. The van der Waals surface area contributed by atoms with Crippen LogP contribution in [0, 0.1) is 5.92 Å². The van der Waals surface area contributed by atoms with Gasteiger partial charge in [0, 0.05) is 25.2 Å². The lowest BCUT2D eigenvalue weighted by Crippen LogP contribution is -2.30. The van der Waals surface area contributed by atoms with Gasteiger partial charge < -0.3 is 10.2 Å². The molecule has 23 heavy (non-hydrogen) atoms. The van der Waals surface area contributed by atoms with Crippen molar-refractivity contribution in [3.63, 3.8) is 0 Å². The summed E-state index contributed by atoms with van der Waals surface area (Å²) in [6.07, 6.45) is 1.78. The third kappa shape index (κ3) is 3.39. The van der Waals surface area contributed by atoms with Crippen LogP contribution in [0.25, 0.3) is 0 Å². The molecule has 0 saturated carbocycles. The first kappa shape index (κ1) is 15.6. The van der Waals surface area contributed by atoms with Crippen LogP contribution in [-0.4, -0.2) is 24.4 Å². The Bertz CT molecular complexity index is 651. The lowest BCUT2D eigenvalue weighted by molar-refractivity contribution is -0.132. The maximum atomic E-state index is 12.8. The Kier molecular flexibility index (Phi) is 4.65. The third-order valence-electron chi connectivity index (χ3n) is 4.82. The van der Waals surface area contributed by atoms with E-state index in [1.165, 1.54) is 11.1 Å². The van der Waals surface area contributed by atoms with Crippen LogP contribution in [0.2, 0.25) is 0 Å². The van der Waals surface area contributed by atoms with Gasteiger partial charge in [-0.05, 0) is 43.0 Å². The fraction of sp³-hybridized carbons (Fsp3) is 0.350. The first-order chi connectivity index (χ1) is 11.2. The minimum Gasteiger partial charge on any atom is -0.388 e. The second-order valence-electron chi connectivity index (χ2n) is 6.25. The van der Waals surface area contributed by atoms with E-state index in [0.717, 1.165) is 25.1 Å². The zero-order valence-corrected chi connectivity index (χ0v) is 13.8. The Morgan fingerprint density at radius 1 is 1.13 bits per heavy atom. The van der Waals surface area contributed by atoms with Crippen molar-refractivity contribution >= 4 is 11.6 Å². The van der Waals surface area contributed by atoms with Crippen LogP contribution in [-0.2, 0) is 11.2 Å². The number of hydrogen-bond donors (Lipinski definition) is 1.